The summed E-state index contributed by atoms with van der Waals surface area (Å²) in [6.45, 7) is 7.13. The van der Waals surface area contributed by atoms with Gasteiger partial charge in [-0.25, -0.2) is 9.97 Å². The number of rotatable bonds is 5. The number of benzene rings is 9. The second-order valence-electron chi connectivity index (χ2n) is 17.4. The lowest BCUT2D eigenvalue weighted by Crippen LogP contribution is -2.22. The van der Waals surface area contributed by atoms with E-state index in [0.29, 0.717) is 5.82 Å². The van der Waals surface area contributed by atoms with Gasteiger partial charge in [0.2, 0.25) is 0 Å². The van der Waals surface area contributed by atoms with E-state index < -0.39 is 0 Å². The molecule has 0 aliphatic heterocycles. The van der Waals surface area contributed by atoms with Gasteiger partial charge in [0.25, 0.3) is 0 Å². The highest BCUT2D eigenvalue weighted by molar-refractivity contribution is 6.05. The highest BCUT2D eigenvalue weighted by Crippen LogP contribution is 2.56. The number of aromatic nitrogens is 2. The first-order chi connectivity index (χ1) is 29.9. The van der Waals surface area contributed by atoms with Crippen LogP contribution in [0.5, 0.6) is 0 Å². The minimum Gasteiger partial charge on any atom is -0.228 e. The molecule has 0 saturated carbocycles. The van der Waals surface area contributed by atoms with Crippen molar-refractivity contribution in [2.24, 2.45) is 0 Å². The fourth-order valence-corrected chi connectivity index (χ4v) is 10.8. The van der Waals surface area contributed by atoms with Gasteiger partial charge in [0.05, 0.1) is 11.4 Å². The van der Waals surface area contributed by atoms with Crippen LogP contribution in [0.15, 0.2) is 200 Å². The van der Waals surface area contributed by atoms with E-state index in [0.717, 1.165) is 33.5 Å². The molecule has 0 fully saturated rings. The Morgan fingerprint density at radius 1 is 0.361 bits per heavy atom. The molecule has 61 heavy (non-hydrogen) atoms. The van der Waals surface area contributed by atoms with Gasteiger partial charge in [0.15, 0.2) is 5.82 Å². The number of hydrogen-bond donors (Lipinski definition) is 0. The van der Waals surface area contributed by atoms with Crippen molar-refractivity contribution in [3.8, 4) is 67.3 Å². The second-order valence-corrected chi connectivity index (χ2v) is 17.4. The highest BCUT2D eigenvalue weighted by atomic mass is 14.9. The smallest absolute Gasteiger partial charge is 0.161 e. The Balaban J connectivity index is 1.03. The van der Waals surface area contributed by atoms with Gasteiger partial charge < -0.3 is 0 Å². The van der Waals surface area contributed by atoms with Crippen molar-refractivity contribution in [3.63, 3.8) is 0 Å². The van der Waals surface area contributed by atoms with Crippen molar-refractivity contribution in [2.75, 3.05) is 0 Å². The van der Waals surface area contributed by atoms with E-state index in [1.165, 1.54) is 77.4 Å². The third-order valence-corrected chi connectivity index (χ3v) is 13.8. The molecule has 2 nitrogen and oxygen atoms in total. The maximum Gasteiger partial charge on any atom is 0.161 e. The predicted molar refractivity (Wildman–Crippen MR) is 254 cm³/mol. The summed E-state index contributed by atoms with van der Waals surface area (Å²) < 4.78 is 0. The zero-order chi connectivity index (χ0) is 40.9. The molecule has 0 radical (unpaired) electrons. The molecule has 1 aromatic heterocycles. The molecule has 0 spiro atoms. The van der Waals surface area contributed by atoms with Gasteiger partial charge in [-0.15, -0.1) is 0 Å². The van der Waals surface area contributed by atoms with E-state index in [2.05, 4.69) is 221 Å². The van der Waals surface area contributed by atoms with Crippen LogP contribution < -0.4 is 0 Å². The maximum absolute atomic E-state index is 5.53. The van der Waals surface area contributed by atoms with Gasteiger partial charge in [-0.2, -0.15) is 0 Å². The number of nitrogens with zero attached hydrogens (tertiary/aromatic N) is 2. The molecule has 0 bridgehead atoms. The van der Waals surface area contributed by atoms with E-state index >= 15 is 0 Å². The summed E-state index contributed by atoms with van der Waals surface area (Å²) in [7, 11) is 0. The van der Waals surface area contributed by atoms with Crippen LogP contribution in [0, 0.1) is 0 Å². The molecule has 9 aromatic carbocycles. The molecule has 1 heterocycles. The van der Waals surface area contributed by atoms with Crippen molar-refractivity contribution in [1.82, 2.24) is 9.97 Å². The summed E-state index contributed by atoms with van der Waals surface area (Å²) in [6.07, 6.45) is 0. The average Bonchev–Trinajstić information content (AvgIpc) is 3.73. The average molecular weight is 779 g/mol. The first kappa shape index (κ1) is 35.5. The molecule has 2 aliphatic carbocycles. The van der Waals surface area contributed by atoms with Crippen LogP contribution in [0.25, 0.3) is 88.8 Å². The van der Waals surface area contributed by atoms with Crippen molar-refractivity contribution in [2.45, 2.75) is 31.6 Å². The predicted octanol–water partition coefficient (Wildman–Crippen LogP) is 15.1. The summed E-state index contributed by atoms with van der Waals surface area (Å²) in [5.74, 6) is 0.714. The van der Waals surface area contributed by atoms with E-state index in [4.69, 9.17) is 9.97 Å². The summed E-state index contributed by atoms with van der Waals surface area (Å²) in [5.41, 5.74) is 18.8. The number of hydrogen-bond acceptors (Lipinski definition) is 2. The molecule has 1 unspecified atom stereocenters. The summed E-state index contributed by atoms with van der Waals surface area (Å²) in [5, 5.41) is 4.94. The lowest BCUT2D eigenvalue weighted by Gasteiger charge is -2.28. The van der Waals surface area contributed by atoms with E-state index in [9.17, 15) is 0 Å². The highest BCUT2D eigenvalue weighted by Gasteiger charge is 2.42. The minimum atomic E-state index is -0.309. The Morgan fingerprint density at radius 3 is 1.79 bits per heavy atom. The Bertz CT molecular complexity index is 3400. The zero-order valence-corrected chi connectivity index (χ0v) is 34.4. The molecule has 0 amide bonds. The molecule has 2 aliphatic rings. The van der Waals surface area contributed by atoms with Crippen molar-refractivity contribution in [3.05, 3.63) is 228 Å². The van der Waals surface area contributed by atoms with Crippen LogP contribution in [0.1, 0.15) is 48.6 Å². The van der Waals surface area contributed by atoms with Crippen molar-refractivity contribution in [1.29, 1.82) is 0 Å². The fourth-order valence-electron chi connectivity index (χ4n) is 10.8. The van der Waals surface area contributed by atoms with Crippen molar-refractivity contribution < 1.29 is 0 Å². The van der Waals surface area contributed by atoms with Crippen LogP contribution in [-0.2, 0) is 10.8 Å². The number of fused-ring (bicyclic) bond motifs is 9. The van der Waals surface area contributed by atoms with Crippen LogP contribution >= 0.6 is 0 Å². The first-order valence-electron chi connectivity index (χ1n) is 21.3. The molecule has 1 atom stereocenters. The lowest BCUT2D eigenvalue weighted by atomic mass is 9.74. The monoisotopic (exact) mass is 778 g/mol. The van der Waals surface area contributed by atoms with Crippen LogP contribution in [-0.4, -0.2) is 9.97 Å². The van der Waals surface area contributed by atoms with Gasteiger partial charge in [0.1, 0.15) is 0 Å². The quantitative estimate of drug-likeness (QED) is 0.174. The SMILES string of the molecule is CC1(C)c2cc(-c3ccc(-c4nc(-c5ccccc5)cc(-c5cccc6c5-c5ccccc5C6(C)c5ccccc5)n4)c4ccccc34)ccc2-c2ccc3ccccc3c21. The molecule has 0 saturated heterocycles. The summed E-state index contributed by atoms with van der Waals surface area (Å²) in [4.78, 5) is 10.9. The van der Waals surface area contributed by atoms with Gasteiger partial charge in [0, 0.05) is 27.5 Å². The van der Waals surface area contributed by atoms with Crippen molar-refractivity contribution >= 4 is 21.5 Å². The largest absolute Gasteiger partial charge is 0.228 e. The van der Waals surface area contributed by atoms with E-state index in [-0.39, 0.29) is 10.8 Å². The summed E-state index contributed by atoms with van der Waals surface area (Å²) >= 11 is 0. The van der Waals surface area contributed by atoms with Gasteiger partial charge >= 0.3 is 0 Å². The normalized spacial score (nSPS) is 15.7. The zero-order valence-electron chi connectivity index (χ0n) is 34.4. The van der Waals surface area contributed by atoms with Gasteiger partial charge in [-0.3, -0.25) is 0 Å². The molecule has 2 heteroatoms. The third-order valence-electron chi connectivity index (χ3n) is 13.8. The third kappa shape index (κ3) is 5.22. The van der Waals surface area contributed by atoms with Gasteiger partial charge in [-0.05, 0) is 108 Å². The Hall–Kier alpha value is -7.42. The maximum atomic E-state index is 5.53. The van der Waals surface area contributed by atoms with Crippen LogP contribution in [0.4, 0.5) is 0 Å². The van der Waals surface area contributed by atoms with Crippen LogP contribution in [0.2, 0.25) is 0 Å². The lowest BCUT2D eigenvalue weighted by molar-refractivity contribution is 0.666. The molecule has 0 N–H and O–H groups in total. The fraction of sp³-hybridized carbons (Fsp3) is 0.0847. The standard InChI is InChI=1S/C59H42N2/c1-58(2)52-35-39(30-31-45(52)46-32-29-37-17-10-11-22-42(37)56(46)58)41-33-34-47(44-24-13-12-23-43(41)44)57-60-53(38-18-6-4-7-19-38)36-54(61-57)49-26-16-28-51-55(49)48-25-14-15-27-50(48)59(51,3)40-20-8-5-9-21-40/h4-36H,1-3H3. The molecule has 10 aromatic rings. The molecule has 288 valence electrons. The summed E-state index contributed by atoms with van der Waals surface area (Å²) in [6, 6.07) is 73.0. The van der Waals surface area contributed by atoms with Gasteiger partial charge in [-0.1, -0.05) is 196 Å². The topological polar surface area (TPSA) is 25.8 Å². The van der Waals surface area contributed by atoms with E-state index in [1.54, 1.807) is 0 Å². The molecular weight excluding hydrogens is 737 g/mol. The molecule has 12 rings (SSSR count). The Labute approximate surface area is 356 Å². The minimum absolute atomic E-state index is 0.143. The second kappa shape index (κ2) is 13.3. The van der Waals surface area contributed by atoms with E-state index in [1.807, 2.05) is 0 Å². The Morgan fingerprint density at radius 2 is 0.967 bits per heavy atom. The van der Waals surface area contributed by atoms with Crippen LogP contribution in [0.3, 0.4) is 0 Å². The molecular formula is C59H42N2. The Kier molecular flexibility index (Phi) is 7.74. The first-order valence-corrected chi connectivity index (χ1v) is 21.3.